The number of anilines is 1. The third-order valence-corrected chi connectivity index (χ3v) is 5.78. The lowest BCUT2D eigenvalue weighted by Gasteiger charge is -2.32. The SMILES string of the molecule is Cc1cc(C#N)cc(C)c1Oc1ccnc(NC2CCN(C(=O)CCCCC(=O)NO)CC2)n1. The summed E-state index contributed by atoms with van der Waals surface area (Å²) in [5.41, 5.74) is 3.90. The summed E-state index contributed by atoms with van der Waals surface area (Å²) in [6.07, 6.45) is 4.98. The molecule has 2 heterocycles. The fourth-order valence-corrected chi connectivity index (χ4v) is 3.98. The first-order valence-electron chi connectivity index (χ1n) is 11.4. The molecular formula is C24H30N6O4. The zero-order valence-corrected chi connectivity index (χ0v) is 19.5. The van der Waals surface area contributed by atoms with Gasteiger partial charge in [0, 0.05) is 44.2 Å². The van der Waals surface area contributed by atoms with Crippen molar-refractivity contribution in [3.05, 3.63) is 41.1 Å². The Hall–Kier alpha value is -3.71. The van der Waals surface area contributed by atoms with Gasteiger partial charge >= 0.3 is 0 Å². The Morgan fingerprint density at radius 2 is 1.88 bits per heavy atom. The first-order chi connectivity index (χ1) is 16.4. The third kappa shape index (κ3) is 6.89. The number of nitriles is 1. The van der Waals surface area contributed by atoms with E-state index in [0.29, 0.717) is 55.5 Å². The van der Waals surface area contributed by atoms with E-state index in [1.54, 1.807) is 29.9 Å². The quantitative estimate of drug-likeness (QED) is 0.291. The predicted molar refractivity (Wildman–Crippen MR) is 124 cm³/mol. The normalized spacial score (nSPS) is 13.8. The molecular weight excluding hydrogens is 436 g/mol. The lowest BCUT2D eigenvalue weighted by atomic mass is 10.0. The molecule has 1 aromatic carbocycles. The second-order valence-electron chi connectivity index (χ2n) is 8.41. The molecule has 0 spiro atoms. The lowest BCUT2D eigenvalue weighted by molar-refractivity contribution is -0.133. The summed E-state index contributed by atoms with van der Waals surface area (Å²) in [7, 11) is 0. The van der Waals surface area contributed by atoms with Gasteiger partial charge in [-0.05, 0) is 62.8 Å². The molecule has 10 nitrogen and oxygen atoms in total. The zero-order valence-electron chi connectivity index (χ0n) is 19.5. The van der Waals surface area contributed by atoms with Crippen LogP contribution in [0.5, 0.6) is 11.6 Å². The second-order valence-corrected chi connectivity index (χ2v) is 8.41. The Kier molecular flexibility index (Phi) is 8.76. The number of nitrogens with one attached hydrogen (secondary N) is 2. The van der Waals surface area contributed by atoms with Crippen molar-refractivity contribution in [3.8, 4) is 17.7 Å². The summed E-state index contributed by atoms with van der Waals surface area (Å²) in [5, 5.41) is 20.9. The van der Waals surface area contributed by atoms with E-state index in [-0.39, 0.29) is 18.4 Å². The monoisotopic (exact) mass is 466 g/mol. The van der Waals surface area contributed by atoms with E-state index >= 15 is 0 Å². The van der Waals surface area contributed by atoms with Gasteiger partial charge in [-0.15, -0.1) is 0 Å². The fraction of sp³-hybridized carbons (Fsp3) is 0.458. The highest BCUT2D eigenvalue weighted by molar-refractivity contribution is 5.76. The fourth-order valence-electron chi connectivity index (χ4n) is 3.98. The van der Waals surface area contributed by atoms with Crippen LogP contribution in [0.15, 0.2) is 24.4 Å². The van der Waals surface area contributed by atoms with Gasteiger partial charge < -0.3 is 15.0 Å². The van der Waals surface area contributed by atoms with Gasteiger partial charge in [0.15, 0.2) is 0 Å². The molecule has 1 aromatic heterocycles. The minimum absolute atomic E-state index is 0.0858. The van der Waals surface area contributed by atoms with Gasteiger partial charge in [-0.1, -0.05) is 0 Å². The van der Waals surface area contributed by atoms with E-state index in [2.05, 4.69) is 21.4 Å². The molecule has 34 heavy (non-hydrogen) atoms. The smallest absolute Gasteiger partial charge is 0.243 e. The molecule has 0 unspecified atom stereocenters. The number of nitrogens with zero attached hydrogens (tertiary/aromatic N) is 4. The lowest BCUT2D eigenvalue weighted by Crippen LogP contribution is -2.42. The Bertz CT molecular complexity index is 1040. The van der Waals surface area contributed by atoms with Crippen LogP contribution in [0.4, 0.5) is 5.95 Å². The molecule has 10 heteroatoms. The summed E-state index contributed by atoms with van der Waals surface area (Å²) in [4.78, 5) is 34.0. The molecule has 3 rings (SSSR count). The van der Waals surface area contributed by atoms with Crippen molar-refractivity contribution in [2.45, 2.75) is 58.4 Å². The van der Waals surface area contributed by atoms with Gasteiger partial charge in [0.1, 0.15) is 5.75 Å². The number of hydrogen-bond acceptors (Lipinski definition) is 8. The number of hydrogen-bond donors (Lipinski definition) is 3. The Morgan fingerprint density at radius 1 is 1.21 bits per heavy atom. The van der Waals surface area contributed by atoms with Crippen molar-refractivity contribution in [1.82, 2.24) is 20.3 Å². The summed E-state index contributed by atoms with van der Waals surface area (Å²) >= 11 is 0. The molecule has 180 valence electrons. The van der Waals surface area contributed by atoms with Gasteiger partial charge in [0.05, 0.1) is 11.6 Å². The Balaban J connectivity index is 1.49. The molecule has 0 aliphatic carbocycles. The van der Waals surface area contributed by atoms with Gasteiger partial charge in [-0.2, -0.15) is 10.2 Å². The van der Waals surface area contributed by atoms with E-state index in [0.717, 1.165) is 24.0 Å². The van der Waals surface area contributed by atoms with Gasteiger partial charge in [-0.3, -0.25) is 14.8 Å². The molecule has 2 amide bonds. The van der Waals surface area contributed by atoms with Crippen LogP contribution in [-0.2, 0) is 9.59 Å². The second kappa shape index (κ2) is 12.0. The Morgan fingerprint density at radius 3 is 2.53 bits per heavy atom. The summed E-state index contributed by atoms with van der Waals surface area (Å²) in [6.45, 7) is 5.08. The standard InChI is InChI=1S/C24H30N6O4/c1-16-13-18(15-25)14-17(2)23(16)34-21-7-10-26-24(28-21)27-19-8-11-30(12-9-19)22(32)6-4-3-5-20(31)29-33/h7,10,13-14,19,33H,3-6,8-9,11-12H2,1-2H3,(H,29,31)(H,26,27,28). The van der Waals surface area contributed by atoms with Crippen molar-refractivity contribution in [3.63, 3.8) is 0 Å². The van der Waals surface area contributed by atoms with E-state index in [9.17, 15) is 9.59 Å². The number of piperidine rings is 1. The predicted octanol–water partition coefficient (Wildman–Crippen LogP) is 3.23. The number of amides is 2. The molecule has 0 saturated carbocycles. The maximum absolute atomic E-state index is 12.4. The first kappa shape index (κ1) is 24.9. The highest BCUT2D eigenvalue weighted by Gasteiger charge is 2.23. The average molecular weight is 467 g/mol. The van der Waals surface area contributed by atoms with E-state index in [4.69, 9.17) is 15.2 Å². The zero-order chi connectivity index (χ0) is 24.5. The van der Waals surface area contributed by atoms with Gasteiger partial charge in [0.25, 0.3) is 0 Å². The summed E-state index contributed by atoms with van der Waals surface area (Å²) in [5.74, 6) is 1.21. The average Bonchev–Trinajstić information content (AvgIpc) is 2.84. The number of rotatable bonds is 9. The van der Waals surface area contributed by atoms with Crippen LogP contribution < -0.4 is 15.5 Å². The number of likely N-dealkylation sites (tertiary alicyclic amines) is 1. The molecule has 1 aliphatic heterocycles. The van der Waals surface area contributed by atoms with E-state index < -0.39 is 5.91 Å². The molecule has 2 aromatic rings. The van der Waals surface area contributed by atoms with Crippen LogP contribution >= 0.6 is 0 Å². The highest BCUT2D eigenvalue weighted by Crippen LogP contribution is 2.29. The van der Waals surface area contributed by atoms with E-state index in [1.807, 2.05) is 18.7 Å². The number of benzene rings is 1. The number of hydroxylamine groups is 1. The molecule has 1 aliphatic rings. The highest BCUT2D eigenvalue weighted by atomic mass is 16.5. The molecule has 1 fully saturated rings. The summed E-state index contributed by atoms with van der Waals surface area (Å²) < 4.78 is 5.99. The maximum Gasteiger partial charge on any atom is 0.243 e. The molecule has 0 bridgehead atoms. The van der Waals surface area contributed by atoms with Crippen molar-refractivity contribution < 1.29 is 19.5 Å². The maximum atomic E-state index is 12.4. The molecule has 3 N–H and O–H groups in total. The van der Waals surface area contributed by atoms with Crippen LogP contribution in [0.2, 0.25) is 0 Å². The van der Waals surface area contributed by atoms with Gasteiger partial charge in [-0.25, -0.2) is 10.5 Å². The number of carbonyl (C=O) groups is 2. The number of carbonyl (C=O) groups excluding carboxylic acids is 2. The largest absolute Gasteiger partial charge is 0.438 e. The van der Waals surface area contributed by atoms with Crippen LogP contribution in [-0.4, -0.2) is 51.0 Å². The molecule has 0 atom stereocenters. The minimum Gasteiger partial charge on any atom is -0.438 e. The first-order valence-corrected chi connectivity index (χ1v) is 11.4. The number of unbranched alkanes of at least 4 members (excludes halogenated alkanes) is 1. The molecule has 0 radical (unpaired) electrons. The topological polar surface area (TPSA) is 140 Å². The number of ether oxygens (including phenoxy) is 1. The van der Waals surface area contributed by atoms with Crippen LogP contribution in [0.25, 0.3) is 0 Å². The van der Waals surface area contributed by atoms with Crippen molar-refractivity contribution >= 4 is 17.8 Å². The molecule has 1 saturated heterocycles. The van der Waals surface area contributed by atoms with Crippen LogP contribution in [0.3, 0.4) is 0 Å². The van der Waals surface area contributed by atoms with Crippen molar-refractivity contribution in [2.24, 2.45) is 0 Å². The number of aryl methyl sites for hydroxylation is 2. The van der Waals surface area contributed by atoms with Crippen LogP contribution in [0, 0.1) is 25.2 Å². The van der Waals surface area contributed by atoms with Crippen LogP contribution in [0.1, 0.15) is 55.2 Å². The van der Waals surface area contributed by atoms with E-state index in [1.165, 1.54) is 0 Å². The Labute approximate surface area is 198 Å². The van der Waals surface area contributed by atoms with Crippen molar-refractivity contribution in [2.75, 3.05) is 18.4 Å². The number of aromatic nitrogens is 2. The third-order valence-electron chi connectivity index (χ3n) is 5.78. The van der Waals surface area contributed by atoms with Gasteiger partial charge in [0.2, 0.25) is 23.6 Å². The minimum atomic E-state index is -0.432. The van der Waals surface area contributed by atoms with Crippen molar-refractivity contribution in [1.29, 1.82) is 5.26 Å². The summed E-state index contributed by atoms with van der Waals surface area (Å²) in [6, 6.07) is 7.54.